The van der Waals surface area contributed by atoms with Crippen LogP contribution in [0.25, 0.3) is 0 Å². The van der Waals surface area contributed by atoms with Gasteiger partial charge in [0.2, 0.25) is 0 Å². The second-order valence-electron chi connectivity index (χ2n) is 4.25. The molecule has 0 amide bonds. The molecule has 1 heterocycles. The summed E-state index contributed by atoms with van der Waals surface area (Å²) in [6, 6.07) is 5.21. The average Bonchev–Trinajstić information content (AvgIpc) is 2.62. The van der Waals surface area contributed by atoms with Crippen molar-refractivity contribution < 1.29 is 15.0 Å². The molecule has 2 N–H and O–H groups in total. The molecule has 0 spiro atoms. The van der Waals surface area contributed by atoms with Gasteiger partial charge in [0.1, 0.15) is 10.8 Å². The molecule has 17 heavy (non-hydrogen) atoms. The Kier molecular flexibility index (Phi) is 2.87. The number of thioether (sulfide) groups is 1. The summed E-state index contributed by atoms with van der Waals surface area (Å²) < 4.78 is 0. The molecule has 90 valence electrons. The fraction of sp³-hybridized carbons (Fsp3) is 0.333. The highest BCUT2D eigenvalue weighted by Crippen LogP contribution is 2.35. The zero-order valence-electron chi connectivity index (χ0n) is 9.60. The Morgan fingerprint density at radius 1 is 1.53 bits per heavy atom. The number of aliphatic carboxylic acids is 1. The number of carboxylic acid groups (broad SMARTS) is 1. The van der Waals surface area contributed by atoms with Crippen molar-refractivity contribution in [3.05, 3.63) is 29.3 Å². The SMILES string of the molecule is Cc1cccc(O)c1C1=NC(C)(C(=O)O)CS1. The standard InChI is InChI=1S/C12H13NO3S/c1-7-4-3-5-8(14)9(7)10-13-12(2,6-17-10)11(15)16/h3-5,14H,6H2,1-2H3,(H,15,16). The molecule has 0 saturated carbocycles. The van der Waals surface area contributed by atoms with Gasteiger partial charge in [-0.05, 0) is 25.5 Å². The van der Waals surface area contributed by atoms with Gasteiger partial charge in [0.25, 0.3) is 0 Å². The van der Waals surface area contributed by atoms with E-state index in [1.807, 2.05) is 13.0 Å². The Hall–Kier alpha value is -1.49. The van der Waals surface area contributed by atoms with Gasteiger partial charge in [0.05, 0.1) is 5.56 Å². The van der Waals surface area contributed by atoms with Gasteiger partial charge in [-0.1, -0.05) is 12.1 Å². The number of phenols is 1. The Labute approximate surface area is 103 Å². The summed E-state index contributed by atoms with van der Waals surface area (Å²) in [6.07, 6.45) is 0. The molecule has 0 fully saturated rings. The van der Waals surface area contributed by atoms with Crippen molar-refractivity contribution in [2.75, 3.05) is 5.75 Å². The zero-order chi connectivity index (χ0) is 12.6. The quantitative estimate of drug-likeness (QED) is 0.843. The van der Waals surface area contributed by atoms with E-state index in [4.69, 9.17) is 5.11 Å². The van der Waals surface area contributed by atoms with Gasteiger partial charge in [0.15, 0.2) is 5.54 Å². The third-order valence-electron chi connectivity index (χ3n) is 2.76. The number of carboxylic acids is 1. The van der Waals surface area contributed by atoms with Crippen molar-refractivity contribution >= 4 is 22.8 Å². The summed E-state index contributed by atoms with van der Waals surface area (Å²) in [6.45, 7) is 3.46. The lowest BCUT2D eigenvalue weighted by Gasteiger charge is -2.11. The van der Waals surface area contributed by atoms with Crippen molar-refractivity contribution in [2.45, 2.75) is 19.4 Å². The van der Waals surface area contributed by atoms with E-state index in [0.717, 1.165) is 5.56 Å². The largest absolute Gasteiger partial charge is 0.507 e. The van der Waals surface area contributed by atoms with Crippen LogP contribution in [0.1, 0.15) is 18.1 Å². The number of aromatic hydroxyl groups is 1. The first-order valence-electron chi connectivity index (χ1n) is 5.19. The van der Waals surface area contributed by atoms with Crippen LogP contribution < -0.4 is 0 Å². The number of nitrogens with zero attached hydrogens (tertiary/aromatic N) is 1. The Bertz CT molecular complexity index is 492. The van der Waals surface area contributed by atoms with Gasteiger partial charge in [-0.3, -0.25) is 4.99 Å². The number of hydrogen-bond donors (Lipinski definition) is 2. The normalized spacial score (nSPS) is 23.5. The molecular formula is C12H13NO3S. The van der Waals surface area contributed by atoms with Gasteiger partial charge in [-0.25, -0.2) is 4.79 Å². The van der Waals surface area contributed by atoms with Crippen molar-refractivity contribution in [3.63, 3.8) is 0 Å². The summed E-state index contributed by atoms with van der Waals surface area (Å²) in [4.78, 5) is 15.3. The highest BCUT2D eigenvalue weighted by molar-refractivity contribution is 8.14. The molecule has 1 unspecified atom stereocenters. The van der Waals surface area contributed by atoms with Crippen molar-refractivity contribution in [3.8, 4) is 5.75 Å². The number of benzene rings is 1. The molecule has 1 aliphatic rings. The van der Waals surface area contributed by atoms with Crippen molar-refractivity contribution in [1.29, 1.82) is 0 Å². The summed E-state index contributed by atoms with van der Waals surface area (Å²) in [7, 11) is 0. The van der Waals surface area contributed by atoms with E-state index in [2.05, 4.69) is 4.99 Å². The van der Waals surface area contributed by atoms with Crippen LogP contribution in [0.2, 0.25) is 0 Å². The molecule has 2 rings (SSSR count). The fourth-order valence-corrected chi connectivity index (χ4v) is 2.95. The molecule has 0 aliphatic carbocycles. The molecule has 0 radical (unpaired) electrons. The number of phenolic OH excluding ortho intramolecular Hbond substituents is 1. The van der Waals surface area contributed by atoms with Crippen LogP contribution in [-0.2, 0) is 4.79 Å². The summed E-state index contributed by atoms with van der Waals surface area (Å²) >= 11 is 1.37. The molecular weight excluding hydrogens is 238 g/mol. The van der Waals surface area contributed by atoms with E-state index in [1.165, 1.54) is 11.8 Å². The smallest absolute Gasteiger partial charge is 0.332 e. The lowest BCUT2D eigenvalue weighted by atomic mass is 10.1. The van der Waals surface area contributed by atoms with Crippen LogP contribution in [0.5, 0.6) is 5.75 Å². The van der Waals surface area contributed by atoms with Crippen LogP contribution >= 0.6 is 11.8 Å². The number of hydrogen-bond acceptors (Lipinski definition) is 4. The predicted octanol–water partition coefficient (Wildman–Crippen LogP) is 2.04. The zero-order valence-corrected chi connectivity index (χ0v) is 10.4. The number of rotatable bonds is 2. The fourth-order valence-electron chi connectivity index (χ4n) is 1.67. The molecule has 4 nitrogen and oxygen atoms in total. The number of carbonyl (C=O) groups is 1. The minimum atomic E-state index is -1.09. The van der Waals surface area contributed by atoms with Gasteiger partial charge >= 0.3 is 5.97 Å². The average molecular weight is 251 g/mol. The second kappa shape index (κ2) is 4.07. The molecule has 1 aliphatic heterocycles. The summed E-state index contributed by atoms with van der Waals surface area (Å²) in [5, 5.41) is 19.5. The third kappa shape index (κ3) is 2.02. The highest BCUT2D eigenvalue weighted by atomic mass is 32.2. The molecule has 0 bridgehead atoms. The lowest BCUT2D eigenvalue weighted by Crippen LogP contribution is -2.33. The topological polar surface area (TPSA) is 69.9 Å². The number of aryl methyl sites for hydroxylation is 1. The first-order valence-corrected chi connectivity index (χ1v) is 6.17. The van der Waals surface area contributed by atoms with Crippen LogP contribution in [0.3, 0.4) is 0 Å². The predicted molar refractivity (Wildman–Crippen MR) is 67.9 cm³/mol. The molecule has 1 aromatic rings. The first kappa shape index (κ1) is 12.0. The van der Waals surface area contributed by atoms with E-state index in [9.17, 15) is 9.90 Å². The van der Waals surface area contributed by atoms with Gasteiger partial charge in [-0.15, -0.1) is 11.8 Å². The van der Waals surface area contributed by atoms with E-state index >= 15 is 0 Å². The third-order valence-corrected chi connectivity index (χ3v) is 4.04. The molecule has 0 saturated heterocycles. The van der Waals surface area contributed by atoms with E-state index in [1.54, 1.807) is 19.1 Å². The minimum absolute atomic E-state index is 0.144. The van der Waals surface area contributed by atoms with Crippen LogP contribution in [0.4, 0.5) is 0 Å². The van der Waals surface area contributed by atoms with Crippen molar-refractivity contribution in [2.24, 2.45) is 4.99 Å². The van der Waals surface area contributed by atoms with Gasteiger partial charge in [-0.2, -0.15) is 0 Å². The maximum atomic E-state index is 11.1. The van der Waals surface area contributed by atoms with Gasteiger partial charge in [0, 0.05) is 5.75 Å². The summed E-state index contributed by atoms with van der Waals surface area (Å²) in [5.41, 5.74) is 0.447. The van der Waals surface area contributed by atoms with E-state index < -0.39 is 11.5 Å². The maximum Gasteiger partial charge on any atom is 0.332 e. The van der Waals surface area contributed by atoms with Crippen LogP contribution in [0.15, 0.2) is 23.2 Å². The lowest BCUT2D eigenvalue weighted by molar-refractivity contribution is -0.141. The van der Waals surface area contributed by atoms with E-state index in [-0.39, 0.29) is 5.75 Å². The first-order chi connectivity index (χ1) is 7.94. The molecule has 0 aromatic heterocycles. The molecule has 1 aromatic carbocycles. The van der Waals surface area contributed by atoms with Crippen LogP contribution in [0, 0.1) is 6.92 Å². The number of aliphatic imine (C=N–C) groups is 1. The van der Waals surface area contributed by atoms with Crippen LogP contribution in [-0.4, -0.2) is 32.5 Å². The Balaban J connectivity index is 2.47. The second-order valence-corrected chi connectivity index (χ2v) is 5.22. The van der Waals surface area contributed by atoms with Crippen molar-refractivity contribution in [1.82, 2.24) is 0 Å². The molecule has 5 heteroatoms. The Morgan fingerprint density at radius 3 is 2.76 bits per heavy atom. The molecule has 1 atom stereocenters. The van der Waals surface area contributed by atoms with Gasteiger partial charge < -0.3 is 10.2 Å². The minimum Gasteiger partial charge on any atom is -0.507 e. The highest BCUT2D eigenvalue weighted by Gasteiger charge is 2.39. The van der Waals surface area contributed by atoms with E-state index in [0.29, 0.717) is 16.4 Å². The maximum absolute atomic E-state index is 11.1. The summed E-state index contributed by atoms with van der Waals surface area (Å²) in [5.74, 6) is -0.398. The Morgan fingerprint density at radius 2 is 2.24 bits per heavy atom. The monoisotopic (exact) mass is 251 g/mol.